The molecule has 0 unspecified atom stereocenters. The SMILES string of the molecule is Cc1cc2c(c3c1C[C@@H]1[C@@H](C)CO[C@]1(C)O3)C[C@@H]1[C@@H](C)CO[C@]1(C)O2. The average Bonchev–Trinajstić information content (AvgIpc) is 3.01. The van der Waals surface area contributed by atoms with E-state index in [1.807, 2.05) is 0 Å². The summed E-state index contributed by atoms with van der Waals surface area (Å²) in [6, 6.07) is 2.19. The maximum atomic E-state index is 6.57. The molecule has 4 nitrogen and oxygen atoms in total. The first kappa shape index (κ1) is 16.0. The first-order chi connectivity index (χ1) is 11.8. The second kappa shape index (κ2) is 4.92. The molecule has 1 aromatic rings. The average molecular weight is 344 g/mol. The normalized spacial score (nSPS) is 44.2. The standard InChI is InChI=1S/C21H28O4/c1-11-6-18-15(8-17-13(3)9-22-20(17,4)24-18)19-14(11)7-16-12(2)10-23-21(16,5)25-19/h6,12-13,16-17H,7-10H2,1-5H3/t12-,13-,16+,17+,20+,21+/m0/s1. The summed E-state index contributed by atoms with van der Waals surface area (Å²) in [5.41, 5.74) is 3.81. The molecule has 0 amide bonds. The smallest absolute Gasteiger partial charge is 0.211 e. The van der Waals surface area contributed by atoms with E-state index in [1.54, 1.807) is 0 Å². The number of hydrogen-bond donors (Lipinski definition) is 0. The molecule has 4 aliphatic heterocycles. The van der Waals surface area contributed by atoms with Crippen LogP contribution >= 0.6 is 0 Å². The Bertz CT molecular complexity index is 744. The molecule has 4 aliphatic rings. The van der Waals surface area contributed by atoms with Crippen molar-refractivity contribution in [2.24, 2.45) is 23.7 Å². The van der Waals surface area contributed by atoms with E-state index in [4.69, 9.17) is 18.9 Å². The van der Waals surface area contributed by atoms with Crippen LogP contribution in [0.2, 0.25) is 0 Å². The van der Waals surface area contributed by atoms with Crippen LogP contribution in [-0.4, -0.2) is 24.8 Å². The zero-order chi connectivity index (χ0) is 17.6. The van der Waals surface area contributed by atoms with Crippen LogP contribution in [0, 0.1) is 30.6 Å². The van der Waals surface area contributed by atoms with Gasteiger partial charge in [-0.15, -0.1) is 0 Å². The largest absolute Gasteiger partial charge is 0.462 e. The predicted octanol–water partition coefficient (Wildman–Crippen LogP) is 3.86. The maximum Gasteiger partial charge on any atom is 0.211 e. The first-order valence-electron chi connectivity index (χ1n) is 9.62. The highest BCUT2D eigenvalue weighted by Gasteiger charge is 2.54. The number of aryl methyl sites for hydroxylation is 1. The van der Waals surface area contributed by atoms with Gasteiger partial charge in [0.05, 0.1) is 13.2 Å². The summed E-state index contributed by atoms with van der Waals surface area (Å²) in [5.74, 6) is 2.73. The van der Waals surface area contributed by atoms with Crippen molar-refractivity contribution in [1.82, 2.24) is 0 Å². The van der Waals surface area contributed by atoms with Crippen molar-refractivity contribution in [3.8, 4) is 11.5 Å². The molecular formula is C21H28O4. The van der Waals surface area contributed by atoms with Gasteiger partial charge in [0.25, 0.3) is 0 Å². The van der Waals surface area contributed by atoms with E-state index in [0.717, 1.165) is 37.6 Å². The molecule has 6 atom stereocenters. The molecule has 0 aromatic heterocycles. The third-order valence-corrected chi connectivity index (χ3v) is 7.12. The fourth-order valence-corrected chi connectivity index (χ4v) is 5.42. The van der Waals surface area contributed by atoms with Crippen molar-refractivity contribution in [2.75, 3.05) is 13.2 Å². The van der Waals surface area contributed by atoms with Crippen LogP contribution in [0.25, 0.3) is 0 Å². The molecule has 0 bridgehead atoms. The predicted molar refractivity (Wildman–Crippen MR) is 93.9 cm³/mol. The number of hydrogen-bond acceptors (Lipinski definition) is 4. The molecule has 1 aromatic carbocycles. The van der Waals surface area contributed by atoms with Crippen molar-refractivity contribution in [3.05, 3.63) is 22.8 Å². The van der Waals surface area contributed by atoms with Gasteiger partial charge in [-0.3, -0.25) is 0 Å². The Morgan fingerprint density at radius 3 is 2.08 bits per heavy atom. The summed E-state index contributed by atoms with van der Waals surface area (Å²) in [6.07, 6.45) is 1.98. The van der Waals surface area contributed by atoms with Gasteiger partial charge in [0, 0.05) is 31.2 Å². The van der Waals surface area contributed by atoms with Gasteiger partial charge >= 0.3 is 0 Å². The topological polar surface area (TPSA) is 36.9 Å². The van der Waals surface area contributed by atoms with Crippen LogP contribution in [0.15, 0.2) is 6.07 Å². The number of ether oxygens (including phenoxy) is 4. The Balaban J connectivity index is 1.62. The highest BCUT2D eigenvalue weighted by molar-refractivity contribution is 5.57. The Hall–Kier alpha value is -1.26. The van der Waals surface area contributed by atoms with Gasteiger partial charge in [0.1, 0.15) is 11.5 Å². The van der Waals surface area contributed by atoms with E-state index in [9.17, 15) is 0 Å². The Kier molecular flexibility index (Phi) is 3.14. The molecule has 0 aliphatic carbocycles. The van der Waals surface area contributed by atoms with E-state index in [-0.39, 0.29) is 0 Å². The summed E-state index contributed by atoms with van der Waals surface area (Å²) in [6.45, 7) is 12.4. The van der Waals surface area contributed by atoms with Crippen molar-refractivity contribution < 1.29 is 18.9 Å². The van der Waals surface area contributed by atoms with Gasteiger partial charge in [-0.2, -0.15) is 0 Å². The summed E-state index contributed by atoms with van der Waals surface area (Å²) < 4.78 is 25.0. The molecule has 0 N–H and O–H groups in total. The van der Waals surface area contributed by atoms with Crippen LogP contribution in [-0.2, 0) is 22.3 Å². The van der Waals surface area contributed by atoms with E-state index in [1.165, 1.54) is 16.7 Å². The van der Waals surface area contributed by atoms with E-state index in [0.29, 0.717) is 23.7 Å². The van der Waals surface area contributed by atoms with Crippen LogP contribution in [0.3, 0.4) is 0 Å². The summed E-state index contributed by atoms with van der Waals surface area (Å²) >= 11 is 0. The van der Waals surface area contributed by atoms with Crippen molar-refractivity contribution in [2.45, 2.75) is 59.0 Å². The van der Waals surface area contributed by atoms with Crippen molar-refractivity contribution >= 4 is 0 Å². The van der Waals surface area contributed by atoms with Gasteiger partial charge in [-0.1, -0.05) is 13.8 Å². The fraction of sp³-hybridized carbons (Fsp3) is 0.714. The van der Waals surface area contributed by atoms with E-state index >= 15 is 0 Å². The lowest BCUT2D eigenvalue weighted by atomic mass is 9.77. The zero-order valence-electron chi connectivity index (χ0n) is 15.8. The van der Waals surface area contributed by atoms with E-state index < -0.39 is 11.6 Å². The van der Waals surface area contributed by atoms with E-state index in [2.05, 4.69) is 40.7 Å². The van der Waals surface area contributed by atoms with Crippen LogP contribution in [0.5, 0.6) is 11.5 Å². The molecular weight excluding hydrogens is 316 g/mol. The second-order valence-electron chi connectivity index (χ2n) is 8.91. The molecule has 0 radical (unpaired) electrons. The lowest BCUT2D eigenvalue weighted by molar-refractivity contribution is -0.174. The molecule has 0 spiro atoms. The molecule has 25 heavy (non-hydrogen) atoms. The van der Waals surface area contributed by atoms with Crippen LogP contribution in [0.1, 0.15) is 44.4 Å². The molecule has 5 rings (SSSR count). The van der Waals surface area contributed by atoms with Gasteiger partial charge in [0.2, 0.25) is 11.6 Å². The van der Waals surface area contributed by atoms with Crippen LogP contribution in [0.4, 0.5) is 0 Å². The molecule has 4 heteroatoms. The molecule has 136 valence electrons. The summed E-state index contributed by atoms with van der Waals surface area (Å²) in [5, 5.41) is 0. The lowest BCUT2D eigenvalue weighted by Crippen LogP contribution is -2.46. The van der Waals surface area contributed by atoms with Crippen molar-refractivity contribution in [3.63, 3.8) is 0 Å². The first-order valence-corrected chi connectivity index (χ1v) is 9.62. The Labute approximate surface area is 149 Å². The number of fused-ring (bicyclic) bond motifs is 5. The highest BCUT2D eigenvalue weighted by Crippen LogP contribution is 2.54. The number of benzene rings is 1. The lowest BCUT2D eigenvalue weighted by Gasteiger charge is -2.43. The molecule has 0 saturated carbocycles. The molecule has 2 saturated heterocycles. The Morgan fingerprint density at radius 2 is 1.44 bits per heavy atom. The quantitative estimate of drug-likeness (QED) is 0.716. The summed E-state index contributed by atoms with van der Waals surface area (Å²) in [7, 11) is 0. The minimum absolute atomic E-state index is 0.365. The minimum Gasteiger partial charge on any atom is -0.462 e. The van der Waals surface area contributed by atoms with Crippen LogP contribution < -0.4 is 9.47 Å². The van der Waals surface area contributed by atoms with Gasteiger partial charge in [-0.25, -0.2) is 0 Å². The Morgan fingerprint density at radius 1 is 0.880 bits per heavy atom. The number of rotatable bonds is 0. The molecule has 4 heterocycles. The third kappa shape index (κ3) is 2.07. The second-order valence-corrected chi connectivity index (χ2v) is 8.91. The zero-order valence-corrected chi connectivity index (χ0v) is 15.8. The van der Waals surface area contributed by atoms with Gasteiger partial charge in [0.15, 0.2) is 0 Å². The minimum atomic E-state index is -0.507. The monoisotopic (exact) mass is 344 g/mol. The third-order valence-electron chi connectivity index (χ3n) is 7.12. The maximum absolute atomic E-state index is 6.57. The molecule has 2 fully saturated rings. The van der Waals surface area contributed by atoms with Gasteiger partial charge < -0.3 is 18.9 Å². The van der Waals surface area contributed by atoms with Gasteiger partial charge in [-0.05, 0) is 48.8 Å². The van der Waals surface area contributed by atoms with Crippen molar-refractivity contribution in [1.29, 1.82) is 0 Å². The fourth-order valence-electron chi connectivity index (χ4n) is 5.42. The highest BCUT2D eigenvalue weighted by atomic mass is 16.7. The summed E-state index contributed by atoms with van der Waals surface area (Å²) in [4.78, 5) is 0.